The summed E-state index contributed by atoms with van der Waals surface area (Å²) in [6, 6.07) is 30.1. The zero-order valence-electron chi connectivity index (χ0n) is 22.3. The van der Waals surface area contributed by atoms with E-state index in [0.29, 0.717) is 5.02 Å². The Morgan fingerprint density at radius 2 is 1.49 bits per heavy atom. The molecule has 0 aliphatic heterocycles. The van der Waals surface area contributed by atoms with Crippen LogP contribution >= 0.6 is 27.5 Å². The standard InChI is InChI=1S/C31H29BrClN3O4S/c1-34-31(38)29(19-23-9-4-2-5-10-23)35(21-24-15-17-25(32)18-16-24)30(37)22-36(27-12-8-11-26(33)20-27)41(39,40)28-13-6-3-7-14-28/h2-18,20,29H,19,21-22H2,1H3,(H,34,38)/t29-/m1/s1. The summed E-state index contributed by atoms with van der Waals surface area (Å²) in [5.74, 6) is -0.906. The number of hydrogen-bond acceptors (Lipinski definition) is 4. The summed E-state index contributed by atoms with van der Waals surface area (Å²) in [6.07, 6.45) is 0.241. The van der Waals surface area contributed by atoms with Gasteiger partial charge in [0.05, 0.1) is 10.6 Å². The van der Waals surface area contributed by atoms with Gasteiger partial charge in [-0.25, -0.2) is 8.42 Å². The van der Waals surface area contributed by atoms with Crippen molar-refractivity contribution in [2.45, 2.75) is 23.9 Å². The molecular formula is C31H29BrClN3O4S. The van der Waals surface area contributed by atoms with Crippen LogP contribution in [0.5, 0.6) is 0 Å². The molecule has 4 aromatic carbocycles. The first-order valence-corrected chi connectivity index (χ1v) is 15.4. The molecule has 0 aliphatic carbocycles. The Hall–Kier alpha value is -3.66. The van der Waals surface area contributed by atoms with E-state index in [2.05, 4.69) is 21.2 Å². The fraction of sp³-hybridized carbons (Fsp3) is 0.161. The molecule has 4 rings (SSSR count). The Balaban J connectivity index is 1.78. The number of sulfonamides is 1. The Bertz CT molecular complexity index is 1590. The number of carbonyl (C=O) groups excluding carboxylic acids is 2. The van der Waals surface area contributed by atoms with Crippen LogP contribution in [-0.2, 0) is 32.6 Å². The molecule has 0 aliphatic rings. The zero-order chi connectivity index (χ0) is 29.4. The highest BCUT2D eigenvalue weighted by Crippen LogP contribution is 2.27. The van der Waals surface area contributed by atoms with E-state index in [1.165, 1.54) is 30.1 Å². The third-order valence-corrected chi connectivity index (χ3v) is 9.04. The second kappa shape index (κ2) is 13.8. The summed E-state index contributed by atoms with van der Waals surface area (Å²) in [4.78, 5) is 28.9. The van der Waals surface area contributed by atoms with E-state index in [1.807, 2.05) is 54.6 Å². The number of likely N-dealkylation sites (N-methyl/N-ethyl adjacent to an activating group) is 1. The quantitative estimate of drug-likeness (QED) is 0.225. The number of halogens is 2. The first kappa shape index (κ1) is 30.3. The van der Waals surface area contributed by atoms with Crippen molar-refractivity contribution < 1.29 is 18.0 Å². The predicted molar refractivity (Wildman–Crippen MR) is 165 cm³/mol. The molecule has 0 heterocycles. The van der Waals surface area contributed by atoms with Crippen LogP contribution in [0.15, 0.2) is 119 Å². The minimum Gasteiger partial charge on any atom is -0.357 e. The molecule has 212 valence electrons. The molecule has 0 saturated heterocycles. The van der Waals surface area contributed by atoms with Crippen LogP contribution in [0.2, 0.25) is 5.02 Å². The fourth-order valence-electron chi connectivity index (χ4n) is 4.39. The van der Waals surface area contributed by atoms with E-state index in [4.69, 9.17) is 11.6 Å². The lowest BCUT2D eigenvalue weighted by atomic mass is 10.0. The van der Waals surface area contributed by atoms with E-state index in [0.717, 1.165) is 19.9 Å². The number of rotatable bonds is 11. The molecule has 0 fully saturated rings. The van der Waals surface area contributed by atoms with Crippen LogP contribution in [-0.4, -0.2) is 44.8 Å². The molecule has 4 aromatic rings. The number of nitrogens with one attached hydrogen (secondary N) is 1. The van der Waals surface area contributed by atoms with E-state index >= 15 is 0 Å². The van der Waals surface area contributed by atoms with Gasteiger partial charge in [0.2, 0.25) is 11.8 Å². The topological polar surface area (TPSA) is 86.8 Å². The molecule has 0 saturated carbocycles. The van der Waals surface area contributed by atoms with Gasteiger partial charge >= 0.3 is 0 Å². The van der Waals surface area contributed by atoms with Gasteiger partial charge in [0.1, 0.15) is 12.6 Å². The van der Waals surface area contributed by atoms with Crippen molar-refractivity contribution in [3.8, 4) is 0 Å². The summed E-state index contributed by atoms with van der Waals surface area (Å²) in [5.41, 5.74) is 1.87. The third kappa shape index (κ3) is 7.75. The van der Waals surface area contributed by atoms with Gasteiger partial charge in [-0.3, -0.25) is 13.9 Å². The van der Waals surface area contributed by atoms with Crippen molar-refractivity contribution in [3.05, 3.63) is 130 Å². The third-order valence-electron chi connectivity index (χ3n) is 6.49. The number of hydrogen-bond donors (Lipinski definition) is 1. The summed E-state index contributed by atoms with van der Waals surface area (Å²) >= 11 is 9.66. The number of amides is 2. The Kier molecular flexibility index (Phi) is 10.2. The first-order valence-electron chi connectivity index (χ1n) is 12.8. The van der Waals surface area contributed by atoms with Gasteiger partial charge < -0.3 is 10.2 Å². The monoisotopic (exact) mass is 653 g/mol. The average Bonchev–Trinajstić information content (AvgIpc) is 2.99. The van der Waals surface area contributed by atoms with Crippen LogP contribution in [0, 0.1) is 0 Å². The van der Waals surface area contributed by atoms with Crippen molar-refractivity contribution in [2.75, 3.05) is 17.9 Å². The van der Waals surface area contributed by atoms with Crippen LogP contribution in [0.1, 0.15) is 11.1 Å². The summed E-state index contributed by atoms with van der Waals surface area (Å²) in [6.45, 7) is -0.456. The maximum absolute atomic E-state index is 14.2. The van der Waals surface area contributed by atoms with Gasteiger partial charge in [0.25, 0.3) is 10.0 Å². The molecule has 41 heavy (non-hydrogen) atoms. The zero-order valence-corrected chi connectivity index (χ0v) is 25.4. The molecule has 2 amide bonds. The lowest BCUT2D eigenvalue weighted by Gasteiger charge is -2.33. The molecule has 0 aromatic heterocycles. The summed E-state index contributed by atoms with van der Waals surface area (Å²) in [5, 5.41) is 3.00. The smallest absolute Gasteiger partial charge is 0.264 e. The van der Waals surface area contributed by atoms with Gasteiger partial charge in [0, 0.05) is 29.5 Å². The molecule has 7 nitrogen and oxygen atoms in total. The first-order chi connectivity index (χ1) is 19.7. The molecule has 1 atom stereocenters. The molecule has 10 heteroatoms. The molecular weight excluding hydrogens is 626 g/mol. The highest BCUT2D eigenvalue weighted by Gasteiger charge is 2.34. The Labute approximate surface area is 253 Å². The highest BCUT2D eigenvalue weighted by atomic mass is 79.9. The number of anilines is 1. The van der Waals surface area contributed by atoms with E-state index < -0.39 is 28.5 Å². The number of nitrogens with zero attached hydrogens (tertiary/aromatic N) is 2. The maximum atomic E-state index is 14.2. The van der Waals surface area contributed by atoms with Crippen molar-refractivity contribution in [1.82, 2.24) is 10.2 Å². The van der Waals surface area contributed by atoms with Gasteiger partial charge in [-0.1, -0.05) is 94.3 Å². The molecule has 0 bridgehead atoms. The molecule has 0 spiro atoms. The number of carbonyl (C=O) groups is 2. The van der Waals surface area contributed by atoms with Crippen LogP contribution in [0.3, 0.4) is 0 Å². The Morgan fingerprint density at radius 1 is 0.854 bits per heavy atom. The Morgan fingerprint density at radius 3 is 2.10 bits per heavy atom. The van der Waals surface area contributed by atoms with Crippen LogP contribution in [0.25, 0.3) is 0 Å². The SMILES string of the molecule is CNC(=O)[C@@H](Cc1ccccc1)N(Cc1ccc(Br)cc1)C(=O)CN(c1cccc(Cl)c1)S(=O)(=O)c1ccccc1. The fourth-order valence-corrected chi connectivity index (χ4v) is 6.26. The van der Waals surface area contributed by atoms with Crippen LogP contribution < -0.4 is 9.62 Å². The van der Waals surface area contributed by atoms with Crippen molar-refractivity contribution in [2.24, 2.45) is 0 Å². The van der Waals surface area contributed by atoms with Gasteiger partial charge in [-0.15, -0.1) is 0 Å². The predicted octanol–water partition coefficient (Wildman–Crippen LogP) is 5.68. The normalized spacial score (nSPS) is 11.9. The van der Waals surface area contributed by atoms with Crippen molar-refractivity contribution >= 4 is 55.1 Å². The van der Waals surface area contributed by atoms with E-state index in [-0.39, 0.29) is 29.5 Å². The van der Waals surface area contributed by atoms with Crippen LogP contribution in [0.4, 0.5) is 5.69 Å². The van der Waals surface area contributed by atoms with Crippen molar-refractivity contribution in [3.63, 3.8) is 0 Å². The minimum atomic E-state index is -4.17. The highest BCUT2D eigenvalue weighted by molar-refractivity contribution is 9.10. The number of benzene rings is 4. The largest absolute Gasteiger partial charge is 0.357 e. The molecule has 0 radical (unpaired) electrons. The lowest BCUT2D eigenvalue weighted by molar-refractivity contribution is -0.139. The van der Waals surface area contributed by atoms with Gasteiger partial charge in [-0.05, 0) is 53.6 Å². The lowest BCUT2D eigenvalue weighted by Crippen LogP contribution is -2.53. The van der Waals surface area contributed by atoms with E-state index in [9.17, 15) is 18.0 Å². The second-order valence-corrected chi connectivity index (χ2v) is 12.5. The van der Waals surface area contributed by atoms with E-state index in [1.54, 1.807) is 36.4 Å². The van der Waals surface area contributed by atoms with Crippen molar-refractivity contribution in [1.29, 1.82) is 0 Å². The second-order valence-electron chi connectivity index (χ2n) is 9.27. The minimum absolute atomic E-state index is 0.0272. The molecule has 1 N–H and O–H groups in total. The summed E-state index contributed by atoms with van der Waals surface area (Å²) < 4.78 is 29.7. The summed E-state index contributed by atoms with van der Waals surface area (Å²) in [7, 11) is -2.65. The maximum Gasteiger partial charge on any atom is 0.264 e. The van der Waals surface area contributed by atoms with Gasteiger partial charge in [0.15, 0.2) is 0 Å². The average molecular weight is 655 g/mol. The molecule has 0 unspecified atom stereocenters. The van der Waals surface area contributed by atoms with Gasteiger partial charge in [-0.2, -0.15) is 0 Å².